The zero-order chi connectivity index (χ0) is 15.5. The van der Waals surface area contributed by atoms with Gasteiger partial charge in [-0.15, -0.1) is 0 Å². The molecule has 0 aliphatic carbocycles. The minimum absolute atomic E-state index is 0.131. The van der Waals surface area contributed by atoms with E-state index in [1.165, 1.54) is 12.3 Å². The average molecular weight is 412 g/mol. The van der Waals surface area contributed by atoms with Crippen LogP contribution in [0.15, 0.2) is 51.6 Å². The lowest BCUT2D eigenvalue weighted by Crippen LogP contribution is -2.49. The predicted octanol–water partition coefficient (Wildman–Crippen LogP) is 4.58. The third-order valence-corrected chi connectivity index (χ3v) is 3.69. The van der Waals surface area contributed by atoms with Crippen LogP contribution in [0.1, 0.15) is 10.6 Å². The van der Waals surface area contributed by atoms with Gasteiger partial charge in [0.2, 0.25) is 3.79 Å². The molecule has 0 unspecified atom stereocenters. The topological polar surface area (TPSA) is 54.3 Å². The van der Waals surface area contributed by atoms with Crippen molar-refractivity contribution in [3.05, 3.63) is 52.9 Å². The largest absolute Gasteiger partial charge is 0.459 e. The van der Waals surface area contributed by atoms with Crippen molar-refractivity contribution < 1.29 is 9.21 Å². The summed E-state index contributed by atoms with van der Waals surface area (Å²) in [5, 5.41) is 5.52. The number of carbonyl (C=O) groups is 1. The number of amides is 1. The average Bonchev–Trinajstić information content (AvgIpc) is 2.93. The molecule has 1 atom stereocenters. The second kappa shape index (κ2) is 6.92. The quantitative estimate of drug-likeness (QED) is 0.571. The molecule has 0 bridgehead atoms. The number of carbonyl (C=O) groups excluding carboxylic acids is 1. The molecular formula is C13H10BrCl3N2O2. The molecule has 0 spiro atoms. The lowest BCUT2D eigenvalue weighted by Gasteiger charge is -2.27. The summed E-state index contributed by atoms with van der Waals surface area (Å²) in [6, 6.07) is 10.3. The van der Waals surface area contributed by atoms with Crippen LogP contribution in [0, 0.1) is 0 Å². The Hall–Kier alpha value is -0.880. The van der Waals surface area contributed by atoms with E-state index in [4.69, 9.17) is 39.2 Å². The van der Waals surface area contributed by atoms with Crippen molar-refractivity contribution in [3.8, 4) is 0 Å². The summed E-state index contributed by atoms with van der Waals surface area (Å²) in [6.07, 6.45) is 0.461. The minimum Gasteiger partial charge on any atom is -0.459 e. The van der Waals surface area contributed by atoms with Crippen LogP contribution in [0.2, 0.25) is 0 Å². The molecule has 0 fully saturated rings. The molecule has 8 heteroatoms. The Morgan fingerprint density at radius 1 is 1.19 bits per heavy atom. The molecule has 0 aliphatic rings. The van der Waals surface area contributed by atoms with Gasteiger partial charge in [0.05, 0.1) is 6.26 Å². The van der Waals surface area contributed by atoms with E-state index in [1.54, 1.807) is 18.2 Å². The molecule has 0 saturated heterocycles. The molecule has 1 amide bonds. The number of benzene rings is 1. The van der Waals surface area contributed by atoms with Crippen LogP contribution in [0.25, 0.3) is 0 Å². The van der Waals surface area contributed by atoms with Crippen molar-refractivity contribution >= 4 is 62.3 Å². The van der Waals surface area contributed by atoms with Gasteiger partial charge < -0.3 is 15.1 Å². The predicted molar refractivity (Wildman–Crippen MR) is 88.0 cm³/mol. The molecule has 0 aliphatic heterocycles. The van der Waals surface area contributed by atoms with Crippen LogP contribution in [-0.4, -0.2) is 15.9 Å². The maximum absolute atomic E-state index is 12.0. The van der Waals surface area contributed by atoms with Crippen LogP contribution >= 0.6 is 50.7 Å². The van der Waals surface area contributed by atoms with Gasteiger partial charge in [-0.25, -0.2) is 0 Å². The minimum atomic E-state index is -1.74. The number of rotatable bonds is 4. The fourth-order valence-electron chi connectivity index (χ4n) is 1.52. The highest BCUT2D eigenvalue weighted by molar-refractivity contribution is 9.10. The van der Waals surface area contributed by atoms with E-state index >= 15 is 0 Å². The Morgan fingerprint density at radius 3 is 2.38 bits per heavy atom. The molecule has 112 valence electrons. The summed E-state index contributed by atoms with van der Waals surface area (Å²) < 4.78 is 4.17. The van der Waals surface area contributed by atoms with Crippen molar-refractivity contribution in [2.75, 3.05) is 5.32 Å². The first-order valence-corrected chi connectivity index (χ1v) is 7.72. The van der Waals surface area contributed by atoms with Gasteiger partial charge in [-0.05, 0) is 36.4 Å². The third kappa shape index (κ3) is 4.81. The first kappa shape index (κ1) is 16.5. The molecule has 0 saturated carbocycles. The summed E-state index contributed by atoms with van der Waals surface area (Å²) in [5.41, 5.74) is 0.689. The zero-order valence-electron chi connectivity index (χ0n) is 10.4. The normalized spacial score (nSPS) is 12.8. The van der Waals surface area contributed by atoms with E-state index < -0.39 is 15.9 Å². The number of anilines is 1. The van der Waals surface area contributed by atoms with Gasteiger partial charge in [0.15, 0.2) is 5.76 Å². The number of halogens is 4. The monoisotopic (exact) mass is 410 g/mol. The Balaban J connectivity index is 2.12. The standard InChI is InChI=1S/C13H10BrCl3N2O2/c14-8-3-5-9(6-4-8)18-12(13(15,16)17)19-11(20)10-2-1-7-21-10/h1-7,12,18H,(H,19,20)/t12-/m0/s1. The van der Waals surface area contributed by atoms with Crippen molar-refractivity contribution in [3.63, 3.8) is 0 Å². The Kier molecular flexibility index (Phi) is 5.43. The summed E-state index contributed by atoms with van der Waals surface area (Å²) in [5.74, 6) is -0.354. The maximum atomic E-state index is 12.0. The molecule has 2 N–H and O–H groups in total. The van der Waals surface area contributed by atoms with Gasteiger partial charge in [0.25, 0.3) is 5.91 Å². The van der Waals surface area contributed by atoms with Crippen LogP contribution in [0.3, 0.4) is 0 Å². The fourth-order valence-corrected chi connectivity index (χ4v) is 2.11. The van der Waals surface area contributed by atoms with Crippen LogP contribution < -0.4 is 10.6 Å². The van der Waals surface area contributed by atoms with Crippen LogP contribution in [0.5, 0.6) is 0 Å². The fraction of sp³-hybridized carbons (Fsp3) is 0.154. The Labute approximate surface area is 144 Å². The highest BCUT2D eigenvalue weighted by Gasteiger charge is 2.34. The Morgan fingerprint density at radius 2 is 1.86 bits per heavy atom. The van der Waals surface area contributed by atoms with Gasteiger partial charge in [0, 0.05) is 10.2 Å². The lowest BCUT2D eigenvalue weighted by atomic mass is 10.3. The van der Waals surface area contributed by atoms with Crippen molar-refractivity contribution in [2.24, 2.45) is 0 Å². The van der Waals surface area contributed by atoms with Gasteiger partial charge in [-0.2, -0.15) is 0 Å². The van der Waals surface area contributed by atoms with Crippen molar-refractivity contribution in [1.82, 2.24) is 5.32 Å². The van der Waals surface area contributed by atoms with E-state index in [-0.39, 0.29) is 5.76 Å². The van der Waals surface area contributed by atoms with Gasteiger partial charge in [0.1, 0.15) is 6.17 Å². The molecule has 1 aromatic heterocycles. The molecule has 2 aromatic rings. The first-order chi connectivity index (χ1) is 9.86. The number of furan rings is 1. The van der Waals surface area contributed by atoms with Gasteiger partial charge in [-0.1, -0.05) is 50.7 Å². The maximum Gasteiger partial charge on any atom is 0.288 e. The van der Waals surface area contributed by atoms with Crippen molar-refractivity contribution in [1.29, 1.82) is 0 Å². The van der Waals surface area contributed by atoms with E-state index in [9.17, 15) is 4.79 Å². The van der Waals surface area contributed by atoms with Gasteiger partial charge >= 0.3 is 0 Å². The lowest BCUT2D eigenvalue weighted by molar-refractivity contribution is 0.0914. The third-order valence-electron chi connectivity index (χ3n) is 2.50. The molecule has 1 heterocycles. The molecule has 2 rings (SSSR count). The summed E-state index contributed by atoms with van der Waals surface area (Å²) in [4.78, 5) is 12.0. The summed E-state index contributed by atoms with van der Waals surface area (Å²) >= 11 is 21.0. The first-order valence-electron chi connectivity index (χ1n) is 5.79. The molecule has 4 nitrogen and oxygen atoms in total. The van der Waals surface area contributed by atoms with Gasteiger partial charge in [-0.3, -0.25) is 4.79 Å². The number of nitrogens with one attached hydrogen (secondary N) is 2. The molecule has 0 radical (unpaired) electrons. The van der Waals surface area contributed by atoms with E-state index in [2.05, 4.69) is 26.6 Å². The molecular weight excluding hydrogens is 402 g/mol. The number of hydrogen-bond donors (Lipinski definition) is 2. The van der Waals surface area contributed by atoms with E-state index in [1.807, 2.05) is 12.1 Å². The zero-order valence-corrected chi connectivity index (χ0v) is 14.3. The number of alkyl halides is 3. The molecule has 21 heavy (non-hydrogen) atoms. The highest BCUT2D eigenvalue weighted by atomic mass is 79.9. The SMILES string of the molecule is O=C(N[C@H](Nc1ccc(Br)cc1)C(Cl)(Cl)Cl)c1ccco1. The van der Waals surface area contributed by atoms with E-state index in [0.717, 1.165) is 4.47 Å². The summed E-state index contributed by atoms with van der Waals surface area (Å²) in [7, 11) is 0. The van der Waals surface area contributed by atoms with Crippen LogP contribution in [0.4, 0.5) is 5.69 Å². The van der Waals surface area contributed by atoms with Crippen molar-refractivity contribution in [2.45, 2.75) is 9.96 Å². The number of hydrogen-bond acceptors (Lipinski definition) is 3. The Bertz CT molecular complexity index is 597. The second-order valence-electron chi connectivity index (χ2n) is 4.08. The molecule has 1 aromatic carbocycles. The second-order valence-corrected chi connectivity index (χ2v) is 7.36. The summed E-state index contributed by atoms with van der Waals surface area (Å²) in [6.45, 7) is 0. The smallest absolute Gasteiger partial charge is 0.288 e. The highest BCUT2D eigenvalue weighted by Crippen LogP contribution is 2.31. The van der Waals surface area contributed by atoms with Crippen LogP contribution in [-0.2, 0) is 0 Å². The van der Waals surface area contributed by atoms with E-state index in [0.29, 0.717) is 5.69 Å².